The lowest BCUT2D eigenvalue weighted by Gasteiger charge is -2.04. The molecule has 0 spiro atoms. The van der Waals surface area contributed by atoms with Gasteiger partial charge in [0.15, 0.2) is 11.2 Å². The highest BCUT2D eigenvalue weighted by atomic mass is 16.6. The van der Waals surface area contributed by atoms with E-state index in [2.05, 4.69) is 16.3 Å². The lowest BCUT2D eigenvalue weighted by Crippen LogP contribution is -2.14. The van der Waals surface area contributed by atoms with Crippen molar-refractivity contribution in [3.8, 4) is 17.5 Å². The molecule has 1 heterocycles. The fourth-order valence-electron chi connectivity index (χ4n) is 4.33. The Kier molecular flexibility index (Phi) is 4.79. The van der Waals surface area contributed by atoms with Crippen LogP contribution < -0.4 is 0 Å². The summed E-state index contributed by atoms with van der Waals surface area (Å²) < 4.78 is 5.91. The number of non-ortho nitro benzene ring substituents is 1. The molecule has 8 heteroatoms. The van der Waals surface area contributed by atoms with Gasteiger partial charge in [-0.25, -0.2) is 0 Å². The molecule has 1 aromatic heterocycles. The standard InChI is InChI=1S/C25H16N4O4/c26-15-25(24-28-27-23(33-24)18-9-5-2-6-10-18)20(16-11-13-19(14-12-16)29(31)32)21(25)22(30)17-7-3-1-4-8-17/h1-14,20-21H/t20-,21+,25+/m1/s1. The van der Waals surface area contributed by atoms with Crippen LogP contribution >= 0.6 is 0 Å². The van der Waals surface area contributed by atoms with Gasteiger partial charge >= 0.3 is 0 Å². The van der Waals surface area contributed by atoms with Gasteiger partial charge in [0.25, 0.3) is 5.69 Å². The molecule has 1 fully saturated rings. The van der Waals surface area contributed by atoms with Crippen LogP contribution in [0.1, 0.15) is 27.7 Å². The maximum Gasteiger partial charge on any atom is 0.269 e. The zero-order valence-electron chi connectivity index (χ0n) is 17.2. The number of nitrogens with zero attached hydrogens (tertiary/aromatic N) is 4. The first-order valence-corrected chi connectivity index (χ1v) is 10.2. The molecule has 3 atom stereocenters. The van der Waals surface area contributed by atoms with Crippen LogP contribution in [-0.4, -0.2) is 20.9 Å². The van der Waals surface area contributed by atoms with Gasteiger partial charge in [-0.15, -0.1) is 10.2 Å². The second-order valence-corrected chi connectivity index (χ2v) is 7.79. The van der Waals surface area contributed by atoms with Gasteiger partial charge in [-0.3, -0.25) is 14.9 Å². The maximum absolute atomic E-state index is 13.4. The summed E-state index contributed by atoms with van der Waals surface area (Å²) in [5.41, 5.74) is 0.341. The first kappa shape index (κ1) is 20.3. The van der Waals surface area contributed by atoms with E-state index >= 15 is 0 Å². The molecular weight excluding hydrogens is 420 g/mol. The fourth-order valence-corrected chi connectivity index (χ4v) is 4.33. The molecule has 33 heavy (non-hydrogen) atoms. The molecule has 8 nitrogen and oxygen atoms in total. The second kappa shape index (κ2) is 7.80. The third-order valence-corrected chi connectivity index (χ3v) is 5.99. The highest BCUT2D eigenvalue weighted by molar-refractivity contribution is 6.03. The Balaban J connectivity index is 1.60. The smallest absolute Gasteiger partial charge is 0.269 e. The molecule has 1 aliphatic rings. The van der Waals surface area contributed by atoms with Crippen molar-refractivity contribution < 1.29 is 14.1 Å². The van der Waals surface area contributed by atoms with Gasteiger partial charge in [-0.1, -0.05) is 60.7 Å². The van der Waals surface area contributed by atoms with Crippen LogP contribution in [0.2, 0.25) is 0 Å². The third-order valence-electron chi connectivity index (χ3n) is 5.99. The molecule has 0 bridgehead atoms. The number of rotatable bonds is 6. The number of ketones is 1. The van der Waals surface area contributed by atoms with Crippen LogP contribution in [0.5, 0.6) is 0 Å². The Hall–Kier alpha value is -4.64. The fraction of sp³-hybridized carbons (Fsp3) is 0.120. The Morgan fingerprint density at radius 2 is 1.61 bits per heavy atom. The summed E-state index contributed by atoms with van der Waals surface area (Å²) in [4.78, 5) is 24.0. The zero-order chi connectivity index (χ0) is 23.0. The zero-order valence-corrected chi connectivity index (χ0v) is 17.2. The highest BCUT2D eigenvalue weighted by Gasteiger charge is 2.73. The topological polar surface area (TPSA) is 123 Å². The Bertz CT molecular complexity index is 1380. The number of aromatic nitrogens is 2. The lowest BCUT2D eigenvalue weighted by atomic mass is 9.98. The van der Waals surface area contributed by atoms with E-state index in [1.807, 2.05) is 30.3 Å². The van der Waals surface area contributed by atoms with Crippen molar-refractivity contribution in [3.63, 3.8) is 0 Å². The molecule has 0 N–H and O–H groups in total. The minimum atomic E-state index is -1.37. The molecule has 5 rings (SSSR count). The van der Waals surface area contributed by atoms with Gasteiger partial charge in [0.05, 0.1) is 16.9 Å². The summed E-state index contributed by atoms with van der Waals surface area (Å²) in [5, 5.41) is 29.6. The van der Waals surface area contributed by atoms with Crippen molar-refractivity contribution in [1.82, 2.24) is 10.2 Å². The van der Waals surface area contributed by atoms with Crippen molar-refractivity contribution in [2.45, 2.75) is 11.3 Å². The molecule has 1 aliphatic carbocycles. The second-order valence-electron chi connectivity index (χ2n) is 7.79. The first-order valence-electron chi connectivity index (χ1n) is 10.2. The minimum Gasteiger partial charge on any atom is -0.419 e. The van der Waals surface area contributed by atoms with Gasteiger partial charge in [-0.05, 0) is 17.7 Å². The van der Waals surface area contributed by atoms with Gasteiger partial charge in [0, 0.05) is 29.2 Å². The summed E-state index contributed by atoms with van der Waals surface area (Å²) in [7, 11) is 0. The van der Waals surface area contributed by atoms with Gasteiger partial charge < -0.3 is 4.42 Å². The van der Waals surface area contributed by atoms with Crippen LogP contribution in [-0.2, 0) is 5.41 Å². The molecule has 160 valence electrons. The van der Waals surface area contributed by atoms with Crippen molar-refractivity contribution in [2.75, 3.05) is 0 Å². The van der Waals surface area contributed by atoms with Crippen molar-refractivity contribution >= 4 is 11.5 Å². The largest absolute Gasteiger partial charge is 0.419 e. The van der Waals surface area contributed by atoms with E-state index in [4.69, 9.17) is 4.42 Å². The van der Waals surface area contributed by atoms with E-state index in [1.54, 1.807) is 42.5 Å². The van der Waals surface area contributed by atoms with E-state index in [9.17, 15) is 20.2 Å². The normalized spacial score (nSPS) is 21.2. The summed E-state index contributed by atoms with van der Waals surface area (Å²) in [6, 6.07) is 26.0. The summed E-state index contributed by atoms with van der Waals surface area (Å²) in [6.07, 6.45) is 0. The molecule has 0 radical (unpaired) electrons. The molecule has 0 aliphatic heterocycles. The number of nitriles is 1. The number of carbonyl (C=O) groups excluding carboxylic acids is 1. The minimum absolute atomic E-state index is 0.0569. The number of nitro groups is 1. The molecule has 0 saturated heterocycles. The molecule has 4 aromatic rings. The molecular formula is C25H16N4O4. The number of nitro benzene ring substituents is 1. The number of benzene rings is 3. The predicted molar refractivity (Wildman–Crippen MR) is 117 cm³/mol. The van der Waals surface area contributed by atoms with Crippen LogP contribution in [0.3, 0.4) is 0 Å². The number of hydrogen-bond acceptors (Lipinski definition) is 7. The molecule has 3 aromatic carbocycles. The Morgan fingerprint density at radius 3 is 2.21 bits per heavy atom. The van der Waals surface area contributed by atoms with Crippen molar-refractivity contribution in [2.24, 2.45) is 5.92 Å². The Labute approximate surface area is 188 Å². The third kappa shape index (κ3) is 3.27. The lowest BCUT2D eigenvalue weighted by molar-refractivity contribution is -0.384. The van der Waals surface area contributed by atoms with Crippen molar-refractivity contribution in [3.05, 3.63) is 112 Å². The number of Topliss-reactive ketones (excluding diaryl/α,β-unsaturated/α-hetero) is 1. The average Bonchev–Trinajstić information content (AvgIpc) is 3.29. The monoisotopic (exact) mass is 436 g/mol. The van der Waals surface area contributed by atoms with E-state index < -0.39 is 22.2 Å². The van der Waals surface area contributed by atoms with Gasteiger partial charge in [-0.2, -0.15) is 5.26 Å². The van der Waals surface area contributed by atoms with Crippen molar-refractivity contribution in [1.29, 1.82) is 5.26 Å². The van der Waals surface area contributed by atoms with E-state index in [-0.39, 0.29) is 23.3 Å². The average molecular weight is 436 g/mol. The van der Waals surface area contributed by atoms with Gasteiger partial charge in [0.1, 0.15) is 0 Å². The number of hydrogen-bond donors (Lipinski definition) is 0. The van der Waals surface area contributed by atoms with Crippen LogP contribution in [0.15, 0.2) is 89.3 Å². The summed E-state index contributed by atoms with van der Waals surface area (Å²) >= 11 is 0. The van der Waals surface area contributed by atoms with Gasteiger partial charge in [0.2, 0.25) is 11.8 Å². The highest BCUT2D eigenvalue weighted by Crippen LogP contribution is 2.66. The van der Waals surface area contributed by atoms with Crippen LogP contribution in [0.25, 0.3) is 11.5 Å². The summed E-state index contributed by atoms with van der Waals surface area (Å²) in [6.45, 7) is 0. The predicted octanol–water partition coefficient (Wildman–Crippen LogP) is 4.70. The SMILES string of the molecule is N#C[C@@]1(c2nnc(-c3ccccc3)o2)[C@H](C(=O)c2ccccc2)[C@H]1c1ccc([N+](=O)[O-])cc1. The molecule has 0 amide bonds. The maximum atomic E-state index is 13.4. The van der Waals surface area contributed by atoms with Crippen LogP contribution in [0.4, 0.5) is 5.69 Å². The molecule has 0 unspecified atom stereocenters. The number of carbonyl (C=O) groups is 1. The first-order chi connectivity index (χ1) is 16.1. The van der Waals surface area contributed by atoms with Crippen LogP contribution in [0, 0.1) is 27.4 Å². The summed E-state index contributed by atoms with van der Waals surface area (Å²) in [5.74, 6) is -1.27. The molecule has 1 saturated carbocycles. The Morgan fingerprint density at radius 1 is 0.970 bits per heavy atom. The van der Waals surface area contributed by atoms with E-state index in [0.717, 1.165) is 0 Å². The van der Waals surface area contributed by atoms with E-state index in [1.165, 1.54) is 12.1 Å². The van der Waals surface area contributed by atoms with E-state index in [0.29, 0.717) is 16.7 Å². The quantitative estimate of drug-likeness (QED) is 0.244.